The number of ether oxygens (including phenoxy) is 2. The summed E-state index contributed by atoms with van der Waals surface area (Å²) < 4.78 is 11.1. The van der Waals surface area contributed by atoms with E-state index in [1.807, 2.05) is 20.8 Å². The molecule has 1 atom stereocenters. The van der Waals surface area contributed by atoms with Gasteiger partial charge in [0.2, 0.25) is 0 Å². The van der Waals surface area contributed by atoms with E-state index < -0.39 is 11.4 Å². The Morgan fingerprint density at radius 1 is 0.714 bits per heavy atom. The molecule has 0 spiro atoms. The zero-order valence-corrected chi connectivity index (χ0v) is 23.6. The highest BCUT2D eigenvalue weighted by atomic mass is 16.5. The molecule has 0 radical (unpaired) electrons. The van der Waals surface area contributed by atoms with Crippen LogP contribution in [0.25, 0.3) is 0 Å². The lowest BCUT2D eigenvalue weighted by atomic mass is 9.69. The Morgan fingerprint density at radius 2 is 1.14 bits per heavy atom. The van der Waals surface area contributed by atoms with Gasteiger partial charge in [0.15, 0.2) is 0 Å². The molecule has 35 heavy (non-hydrogen) atoms. The normalized spacial score (nSPS) is 13.5. The maximum atomic E-state index is 12.3. The predicted molar refractivity (Wildman–Crippen MR) is 141 cm³/mol. The Bertz CT molecular complexity index is 570. The molecule has 0 bridgehead atoms. The van der Waals surface area contributed by atoms with Gasteiger partial charge in [-0.25, -0.2) is 0 Å². The lowest BCUT2D eigenvalue weighted by Crippen LogP contribution is -2.35. The lowest BCUT2D eigenvalue weighted by Gasteiger charge is -2.36. The van der Waals surface area contributed by atoms with Crippen molar-refractivity contribution in [2.75, 3.05) is 13.2 Å². The van der Waals surface area contributed by atoms with E-state index in [-0.39, 0.29) is 36.5 Å². The fraction of sp³-hybridized carbons (Fsp3) is 0.897. The third-order valence-electron chi connectivity index (χ3n) is 6.94. The molecule has 0 saturated carbocycles. The van der Waals surface area contributed by atoms with Crippen LogP contribution >= 0.6 is 0 Å². The average molecular weight is 499 g/mol. The monoisotopic (exact) mass is 498 g/mol. The summed E-state index contributed by atoms with van der Waals surface area (Å²) in [7, 11) is 0. The van der Waals surface area contributed by atoms with Crippen molar-refractivity contribution in [1.29, 1.82) is 0 Å². The number of aliphatic carboxylic acids is 1. The fourth-order valence-corrected chi connectivity index (χ4v) is 4.74. The summed E-state index contributed by atoms with van der Waals surface area (Å²) in [4.78, 5) is 36.4. The Labute approximate surface area is 214 Å². The van der Waals surface area contributed by atoms with Crippen molar-refractivity contribution < 1.29 is 29.0 Å². The average Bonchev–Trinajstić information content (AvgIpc) is 2.79. The molecule has 6 heteroatoms. The molecule has 0 rings (SSSR count). The Morgan fingerprint density at radius 3 is 1.51 bits per heavy atom. The third-order valence-corrected chi connectivity index (χ3v) is 6.94. The molecule has 0 fully saturated rings. The first-order chi connectivity index (χ1) is 16.5. The summed E-state index contributed by atoms with van der Waals surface area (Å²) in [6.45, 7) is 12.5. The smallest absolute Gasteiger partial charge is 0.309 e. The van der Waals surface area contributed by atoms with Crippen molar-refractivity contribution in [2.45, 2.75) is 138 Å². The number of carbonyl (C=O) groups is 3. The lowest BCUT2D eigenvalue weighted by molar-refractivity contribution is -0.151. The van der Waals surface area contributed by atoms with Gasteiger partial charge in [-0.1, -0.05) is 86.0 Å². The molecule has 1 N–H and O–H groups in total. The highest BCUT2D eigenvalue weighted by molar-refractivity contribution is 5.74. The Balaban J connectivity index is 4.90. The number of rotatable bonds is 22. The van der Waals surface area contributed by atoms with Crippen molar-refractivity contribution in [1.82, 2.24) is 0 Å². The van der Waals surface area contributed by atoms with Crippen molar-refractivity contribution in [3.63, 3.8) is 0 Å². The second-order valence-corrected chi connectivity index (χ2v) is 11.3. The first-order valence-electron chi connectivity index (χ1n) is 14.0. The zero-order chi connectivity index (χ0) is 26.7. The summed E-state index contributed by atoms with van der Waals surface area (Å²) >= 11 is 0. The predicted octanol–water partition coefficient (Wildman–Crippen LogP) is 7.72. The summed E-state index contributed by atoms with van der Waals surface area (Å²) in [6.07, 6.45) is 13.1. The van der Waals surface area contributed by atoms with Crippen LogP contribution in [0.4, 0.5) is 0 Å². The molecular weight excluding hydrogens is 444 g/mol. The van der Waals surface area contributed by atoms with Crippen molar-refractivity contribution in [3.8, 4) is 0 Å². The van der Waals surface area contributed by atoms with Crippen LogP contribution < -0.4 is 0 Å². The van der Waals surface area contributed by atoms with E-state index in [1.165, 1.54) is 25.7 Å². The molecule has 0 aliphatic rings. The summed E-state index contributed by atoms with van der Waals surface area (Å²) in [5.41, 5.74) is -1.13. The largest absolute Gasteiger partial charge is 0.481 e. The molecule has 0 aromatic carbocycles. The zero-order valence-electron chi connectivity index (χ0n) is 23.6. The van der Waals surface area contributed by atoms with Gasteiger partial charge in [0.05, 0.1) is 18.6 Å². The van der Waals surface area contributed by atoms with Gasteiger partial charge in [0, 0.05) is 18.8 Å². The van der Waals surface area contributed by atoms with E-state index in [0.29, 0.717) is 32.1 Å². The summed E-state index contributed by atoms with van der Waals surface area (Å²) in [5, 5.41) is 9.72. The fourth-order valence-electron chi connectivity index (χ4n) is 4.74. The quantitative estimate of drug-likeness (QED) is 0.121. The number of unbranched alkanes of at least 4 members (excludes halogenated alkanes) is 8. The molecule has 0 saturated heterocycles. The highest BCUT2D eigenvalue weighted by Gasteiger charge is 2.38. The SMILES string of the molecule is CCCCCCCC(=O)OCC(COC(=O)CCCCCCC)CC(C)(C)CC(C)(CC)C(=O)O. The van der Waals surface area contributed by atoms with Crippen molar-refractivity contribution in [3.05, 3.63) is 0 Å². The minimum absolute atomic E-state index is 0.159. The number of hydrogen-bond donors (Lipinski definition) is 1. The molecule has 206 valence electrons. The van der Waals surface area contributed by atoms with Crippen LogP contribution in [0.3, 0.4) is 0 Å². The number of hydrogen-bond acceptors (Lipinski definition) is 5. The maximum absolute atomic E-state index is 12.3. The van der Waals surface area contributed by atoms with Crippen LogP contribution in [0.1, 0.15) is 138 Å². The minimum Gasteiger partial charge on any atom is -0.481 e. The molecule has 0 aliphatic carbocycles. The number of carbonyl (C=O) groups excluding carboxylic acids is 2. The van der Waals surface area contributed by atoms with Gasteiger partial charge in [0.1, 0.15) is 0 Å². The van der Waals surface area contributed by atoms with E-state index in [2.05, 4.69) is 13.8 Å². The van der Waals surface area contributed by atoms with E-state index in [1.54, 1.807) is 6.92 Å². The van der Waals surface area contributed by atoms with Crippen LogP contribution in [0.15, 0.2) is 0 Å². The molecule has 1 unspecified atom stereocenters. The molecule has 0 aromatic rings. The molecule has 0 amide bonds. The third kappa shape index (κ3) is 16.7. The molecule has 0 heterocycles. The summed E-state index contributed by atoms with van der Waals surface area (Å²) in [5.74, 6) is -1.38. The van der Waals surface area contributed by atoms with Crippen LogP contribution in [0, 0.1) is 16.7 Å². The van der Waals surface area contributed by atoms with Gasteiger partial charge in [-0.3, -0.25) is 14.4 Å². The van der Waals surface area contributed by atoms with Gasteiger partial charge in [-0.15, -0.1) is 0 Å². The molecule has 0 aromatic heterocycles. The van der Waals surface area contributed by atoms with Crippen molar-refractivity contribution >= 4 is 17.9 Å². The first kappa shape index (κ1) is 33.4. The topological polar surface area (TPSA) is 89.9 Å². The molecular formula is C29H54O6. The molecule has 6 nitrogen and oxygen atoms in total. The minimum atomic E-state index is -0.821. The number of carboxylic acid groups (broad SMARTS) is 1. The summed E-state index contributed by atoms with van der Waals surface area (Å²) in [6, 6.07) is 0. The first-order valence-corrected chi connectivity index (χ1v) is 14.0. The number of esters is 2. The second kappa shape index (κ2) is 18.6. The van der Waals surface area contributed by atoms with E-state index in [0.717, 1.165) is 38.5 Å². The van der Waals surface area contributed by atoms with Crippen LogP contribution in [0.2, 0.25) is 0 Å². The van der Waals surface area contributed by atoms with Gasteiger partial charge in [-0.05, 0) is 44.4 Å². The number of carboxylic acids is 1. The highest BCUT2D eigenvalue weighted by Crippen LogP contribution is 2.40. The van der Waals surface area contributed by atoms with Gasteiger partial charge in [0.25, 0.3) is 0 Å². The van der Waals surface area contributed by atoms with Crippen LogP contribution in [-0.2, 0) is 23.9 Å². The Hall–Kier alpha value is -1.59. The van der Waals surface area contributed by atoms with E-state index >= 15 is 0 Å². The van der Waals surface area contributed by atoms with Gasteiger partial charge < -0.3 is 14.6 Å². The van der Waals surface area contributed by atoms with Gasteiger partial charge in [-0.2, -0.15) is 0 Å². The van der Waals surface area contributed by atoms with Crippen LogP contribution in [0.5, 0.6) is 0 Å². The van der Waals surface area contributed by atoms with Crippen LogP contribution in [-0.4, -0.2) is 36.2 Å². The van der Waals surface area contributed by atoms with E-state index in [4.69, 9.17) is 9.47 Å². The Kier molecular flexibility index (Phi) is 17.8. The standard InChI is InChI=1S/C29H54O6/c1-7-10-12-14-16-18-25(30)34-21-24(22-35-26(31)19-17-15-13-11-8-2)20-28(4,5)23-29(6,9-3)27(32)33/h24H,7-23H2,1-6H3,(H,32,33). The van der Waals surface area contributed by atoms with Gasteiger partial charge >= 0.3 is 17.9 Å². The van der Waals surface area contributed by atoms with Crippen molar-refractivity contribution in [2.24, 2.45) is 16.7 Å². The van der Waals surface area contributed by atoms with E-state index in [9.17, 15) is 19.5 Å². The second-order valence-electron chi connectivity index (χ2n) is 11.3. The molecule has 0 aliphatic heterocycles. The maximum Gasteiger partial charge on any atom is 0.309 e.